The number of carboxylic acid groups (broad SMARTS) is 1. The summed E-state index contributed by atoms with van der Waals surface area (Å²) >= 11 is 0. The Balaban J connectivity index is 2.38. The summed E-state index contributed by atoms with van der Waals surface area (Å²) in [5.74, 6) is 0.658. The molecule has 1 aliphatic heterocycles. The van der Waals surface area contributed by atoms with E-state index in [4.69, 9.17) is 10.8 Å². The number of fused-ring (bicyclic) bond motifs is 1. The number of aliphatic carboxylic acids is 1. The number of rotatable bonds is 3. The second-order valence-corrected chi connectivity index (χ2v) is 3.69. The standard InChI is InChI=1S/C9H14N4O2/c10-5-4-8-12-11-7-3-1-2-6(9(14)15)13(7)8/h6H,1-5,10H2,(H,14,15). The molecule has 0 radical (unpaired) electrons. The third kappa shape index (κ3) is 1.72. The van der Waals surface area contributed by atoms with E-state index in [-0.39, 0.29) is 0 Å². The maximum atomic E-state index is 11.1. The van der Waals surface area contributed by atoms with Crippen LogP contribution in [0.4, 0.5) is 0 Å². The van der Waals surface area contributed by atoms with Crippen molar-refractivity contribution in [3.63, 3.8) is 0 Å². The normalized spacial score (nSPS) is 19.9. The van der Waals surface area contributed by atoms with E-state index in [2.05, 4.69) is 10.2 Å². The molecule has 0 spiro atoms. The highest BCUT2D eigenvalue weighted by atomic mass is 16.4. The first-order valence-corrected chi connectivity index (χ1v) is 5.09. The Kier molecular flexibility index (Phi) is 2.68. The zero-order valence-electron chi connectivity index (χ0n) is 8.39. The molecule has 2 heterocycles. The molecule has 1 aliphatic rings. The lowest BCUT2D eigenvalue weighted by molar-refractivity contribution is -0.141. The van der Waals surface area contributed by atoms with Gasteiger partial charge in [-0.1, -0.05) is 0 Å². The predicted octanol–water partition coefficient (Wildman–Crippen LogP) is -0.259. The monoisotopic (exact) mass is 210 g/mol. The first-order chi connectivity index (χ1) is 7.24. The van der Waals surface area contributed by atoms with Crippen LogP contribution in [0.3, 0.4) is 0 Å². The molecular formula is C9H14N4O2. The molecule has 6 heteroatoms. The highest BCUT2D eigenvalue weighted by molar-refractivity contribution is 5.72. The van der Waals surface area contributed by atoms with Gasteiger partial charge in [0.2, 0.25) is 0 Å². The largest absolute Gasteiger partial charge is 0.480 e. The van der Waals surface area contributed by atoms with E-state index in [1.54, 1.807) is 4.57 Å². The van der Waals surface area contributed by atoms with Crippen LogP contribution in [0.25, 0.3) is 0 Å². The topological polar surface area (TPSA) is 94.0 Å². The summed E-state index contributed by atoms with van der Waals surface area (Å²) in [6.07, 6.45) is 2.90. The SMILES string of the molecule is NCCc1nnc2n1C(C(=O)O)CCC2. The summed E-state index contributed by atoms with van der Waals surface area (Å²) in [7, 11) is 0. The lowest BCUT2D eigenvalue weighted by Gasteiger charge is -2.22. The highest BCUT2D eigenvalue weighted by Crippen LogP contribution is 2.25. The molecule has 1 unspecified atom stereocenters. The van der Waals surface area contributed by atoms with Gasteiger partial charge in [-0.3, -0.25) is 0 Å². The van der Waals surface area contributed by atoms with Crippen LogP contribution in [0, 0.1) is 0 Å². The van der Waals surface area contributed by atoms with Gasteiger partial charge in [0.15, 0.2) is 0 Å². The van der Waals surface area contributed by atoms with Gasteiger partial charge in [-0.25, -0.2) is 4.79 Å². The van der Waals surface area contributed by atoms with Gasteiger partial charge >= 0.3 is 5.97 Å². The van der Waals surface area contributed by atoms with Gasteiger partial charge < -0.3 is 15.4 Å². The quantitative estimate of drug-likeness (QED) is 0.716. The average molecular weight is 210 g/mol. The zero-order valence-corrected chi connectivity index (χ0v) is 8.39. The van der Waals surface area contributed by atoms with Gasteiger partial charge in [-0.15, -0.1) is 10.2 Å². The van der Waals surface area contributed by atoms with E-state index in [9.17, 15) is 4.79 Å². The van der Waals surface area contributed by atoms with Crippen molar-refractivity contribution in [3.05, 3.63) is 11.6 Å². The van der Waals surface area contributed by atoms with Crippen molar-refractivity contribution in [2.45, 2.75) is 31.7 Å². The molecule has 15 heavy (non-hydrogen) atoms. The van der Waals surface area contributed by atoms with Crippen molar-refractivity contribution < 1.29 is 9.90 Å². The summed E-state index contributed by atoms with van der Waals surface area (Å²) < 4.78 is 1.73. The Morgan fingerprint density at radius 3 is 3.07 bits per heavy atom. The Morgan fingerprint density at radius 1 is 1.60 bits per heavy atom. The minimum absolute atomic E-state index is 0.463. The molecule has 0 saturated heterocycles. The summed E-state index contributed by atoms with van der Waals surface area (Å²) in [6.45, 7) is 0.463. The molecular weight excluding hydrogens is 196 g/mol. The fourth-order valence-electron chi connectivity index (χ4n) is 2.01. The van der Waals surface area contributed by atoms with Crippen LogP contribution >= 0.6 is 0 Å². The number of aromatic nitrogens is 3. The molecule has 0 aliphatic carbocycles. The van der Waals surface area contributed by atoms with Crippen LogP contribution in [0.15, 0.2) is 0 Å². The van der Waals surface area contributed by atoms with E-state index in [1.807, 2.05) is 0 Å². The van der Waals surface area contributed by atoms with E-state index in [0.29, 0.717) is 25.2 Å². The minimum atomic E-state index is -0.811. The van der Waals surface area contributed by atoms with Gasteiger partial charge in [-0.2, -0.15) is 0 Å². The van der Waals surface area contributed by atoms with Gasteiger partial charge in [-0.05, 0) is 19.4 Å². The van der Waals surface area contributed by atoms with E-state index in [1.165, 1.54) is 0 Å². The molecule has 6 nitrogen and oxygen atoms in total. The number of hydrogen-bond donors (Lipinski definition) is 2. The fourth-order valence-corrected chi connectivity index (χ4v) is 2.01. The smallest absolute Gasteiger partial charge is 0.326 e. The second kappa shape index (κ2) is 3.98. The minimum Gasteiger partial charge on any atom is -0.480 e. The van der Waals surface area contributed by atoms with Crippen molar-refractivity contribution in [1.82, 2.24) is 14.8 Å². The zero-order chi connectivity index (χ0) is 10.8. The Labute approximate surface area is 87.1 Å². The average Bonchev–Trinajstić information content (AvgIpc) is 2.62. The van der Waals surface area contributed by atoms with Gasteiger partial charge in [0, 0.05) is 12.8 Å². The third-order valence-corrected chi connectivity index (χ3v) is 2.68. The number of hydrogen-bond acceptors (Lipinski definition) is 4. The molecule has 0 bridgehead atoms. The number of carboxylic acids is 1. The number of carbonyl (C=O) groups is 1. The van der Waals surface area contributed by atoms with E-state index >= 15 is 0 Å². The Bertz CT molecular complexity index is 374. The molecule has 1 atom stereocenters. The van der Waals surface area contributed by atoms with Crippen molar-refractivity contribution in [1.29, 1.82) is 0 Å². The first-order valence-electron chi connectivity index (χ1n) is 5.09. The highest BCUT2D eigenvalue weighted by Gasteiger charge is 2.29. The maximum Gasteiger partial charge on any atom is 0.326 e. The molecule has 0 saturated carbocycles. The van der Waals surface area contributed by atoms with Gasteiger partial charge in [0.05, 0.1) is 0 Å². The predicted molar refractivity (Wildman–Crippen MR) is 52.4 cm³/mol. The van der Waals surface area contributed by atoms with Crippen LogP contribution in [-0.2, 0) is 17.6 Å². The molecule has 2 rings (SSSR count). The molecule has 82 valence electrons. The van der Waals surface area contributed by atoms with Crippen LogP contribution in [0.1, 0.15) is 30.5 Å². The third-order valence-electron chi connectivity index (χ3n) is 2.68. The fraction of sp³-hybridized carbons (Fsp3) is 0.667. The molecule has 0 aromatic carbocycles. The Hall–Kier alpha value is -1.43. The number of aryl methyl sites for hydroxylation is 1. The second-order valence-electron chi connectivity index (χ2n) is 3.69. The summed E-state index contributed by atoms with van der Waals surface area (Å²) in [5.41, 5.74) is 5.45. The van der Waals surface area contributed by atoms with Crippen LogP contribution in [0.5, 0.6) is 0 Å². The summed E-state index contributed by atoms with van der Waals surface area (Å²) in [4.78, 5) is 11.1. The molecule has 0 fully saturated rings. The van der Waals surface area contributed by atoms with Gasteiger partial charge in [0.25, 0.3) is 0 Å². The number of nitrogens with zero attached hydrogens (tertiary/aromatic N) is 3. The van der Waals surface area contributed by atoms with E-state index in [0.717, 1.165) is 18.7 Å². The Morgan fingerprint density at radius 2 is 2.40 bits per heavy atom. The maximum absolute atomic E-state index is 11.1. The van der Waals surface area contributed by atoms with Crippen molar-refractivity contribution in [2.24, 2.45) is 5.73 Å². The summed E-state index contributed by atoms with van der Waals surface area (Å²) in [5, 5.41) is 17.1. The summed E-state index contributed by atoms with van der Waals surface area (Å²) in [6, 6.07) is -0.509. The molecule has 0 amide bonds. The molecule has 1 aromatic heterocycles. The van der Waals surface area contributed by atoms with Crippen LogP contribution in [-0.4, -0.2) is 32.4 Å². The van der Waals surface area contributed by atoms with E-state index < -0.39 is 12.0 Å². The lowest BCUT2D eigenvalue weighted by Crippen LogP contribution is -2.27. The number of nitrogens with two attached hydrogens (primary N) is 1. The molecule has 3 N–H and O–H groups in total. The van der Waals surface area contributed by atoms with Crippen LogP contribution < -0.4 is 5.73 Å². The lowest BCUT2D eigenvalue weighted by atomic mass is 10.0. The van der Waals surface area contributed by atoms with Crippen molar-refractivity contribution >= 4 is 5.97 Å². The van der Waals surface area contributed by atoms with Crippen molar-refractivity contribution in [2.75, 3.05) is 6.54 Å². The van der Waals surface area contributed by atoms with Crippen LogP contribution in [0.2, 0.25) is 0 Å². The first kappa shape index (κ1) is 10.1. The van der Waals surface area contributed by atoms with Gasteiger partial charge in [0.1, 0.15) is 17.7 Å². The van der Waals surface area contributed by atoms with Crippen molar-refractivity contribution in [3.8, 4) is 0 Å². The molecule has 1 aromatic rings.